The SMILES string of the molecule is N#Cc1cccc(Nc2cc(-c3nc(N4CC[C@@H](O)[C@@H](O)C4)c4c(C5CC5)cncc4n3)ccn2)n1. The predicted octanol–water partition coefficient (Wildman–Crippen LogP) is 2.91. The molecule has 1 saturated carbocycles. The molecule has 4 aromatic rings. The highest BCUT2D eigenvalue weighted by atomic mass is 16.3. The number of nitrogens with zero attached hydrogens (tertiary/aromatic N) is 7. The first-order chi connectivity index (χ1) is 17.6. The Balaban J connectivity index is 1.42. The highest BCUT2D eigenvalue weighted by molar-refractivity contribution is 5.94. The zero-order chi connectivity index (χ0) is 24.6. The number of piperidine rings is 1. The second-order valence-electron chi connectivity index (χ2n) is 9.21. The molecule has 6 rings (SSSR count). The summed E-state index contributed by atoms with van der Waals surface area (Å²) in [5, 5.41) is 33.7. The third-order valence-electron chi connectivity index (χ3n) is 6.62. The molecule has 0 amide bonds. The molecule has 10 nitrogen and oxygen atoms in total. The molecule has 2 fully saturated rings. The Morgan fingerprint density at radius 3 is 2.69 bits per heavy atom. The lowest BCUT2D eigenvalue weighted by molar-refractivity contribution is 0.00792. The van der Waals surface area contributed by atoms with Gasteiger partial charge in [-0.3, -0.25) is 4.98 Å². The summed E-state index contributed by atoms with van der Waals surface area (Å²) in [7, 11) is 0. The summed E-state index contributed by atoms with van der Waals surface area (Å²) < 4.78 is 0. The lowest BCUT2D eigenvalue weighted by Crippen LogP contribution is -2.47. The molecule has 180 valence electrons. The quantitative estimate of drug-likeness (QED) is 0.390. The predicted molar refractivity (Wildman–Crippen MR) is 134 cm³/mol. The molecule has 0 unspecified atom stereocenters. The van der Waals surface area contributed by atoms with Crippen molar-refractivity contribution in [1.29, 1.82) is 5.26 Å². The van der Waals surface area contributed by atoms with E-state index in [4.69, 9.17) is 15.2 Å². The first kappa shape index (κ1) is 22.3. The van der Waals surface area contributed by atoms with Gasteiger partial charge in [-0.05, 0) is 55.0 Å². The lowest BCUT2D eigenvalue weighted by atomic mass is 10.0. The van der Waals surface area contributed by atoms with E-state index < -0.39 is 12.2 Å². The maximum atomic E-state index is 10.4. The third kappa shape index (κ3) is 4.30. The molecule has 1 aliphatic heterocycles. The molecular weight excluding hydrogens is 456 g/mol. The van der Waals surface area contributed by atoms with Crippen molar-refractivity contribution in [3.8, 4) is 17.5 Å². The van der Waals surface area contributed by atoms with E-state index in [-0.39, 0.29) is 0 Å². The van der Waals surface area contributed by atoms with Crippen LogP contribution in [0, 0.1) is 11.3 Å². The number of pyridine rings is 3. The van der Waals surface area contributed by atoms with Gasteiger partial charge in [-0.25, -0.2) is 19.9 Å². The van der Waals surface area contributed by atoms with E-state index in [1.165, 1.54) is 0 Å². The van der Waals surface area contributed by atoms with Gasteiger partial charge in [0, 0.05) is 36.4 Å². The van der Waals surface area contributed by atoms with Crippen molar-refractivity contribution in [3.05, 3.63) is 60.2 Å². The van der Waals surface area contributed by atoms with E-state index in [0.29, 0.717) is 48.6 Å². The average Bonchev–Trinajstić information content (AvgIpc) is 3.75. The van der Waals surface area contributed by atoms with Gasteiger partial charge in [0.25, 0.3) is 0 Å². The van der Waals surface area contributed by atoms with Crippen LogP contribution in [0.3, 0.4) is 0 Å². The van der Waals surface area contributed by atoms with Gasteiger partial charge in [0.1, 0.15) is 29.2 Å². The summed E-state index contributed by atoms with van der Waals surface area (Å²) in [5.74, 6) is 2.76. The van der Waals surface area contributed by atoms with Gasteiger partial charge < -0.3 is 20.4 Å². The molecular formula is C26H24N8O2. The Bertz CT molecular complexity index is 1480. The zero-order valence-electron chi connectivity index (χ0n) is 19.4. The van der Waals surface area contributed by atoms with Gasteiger partial charge in [0.15, 0.2) is 5.82 Å². The van der Waals surface area contributed by atoms with Crippen molar-refractivity contribution in [2.75, 3.05) is 23.3 Å². The second-order valence-corrected chi connectivity index (χ2v) is 9.21. The fourth-order valence-electron chi connectivity index (χ4n) is 4.60. The van der Waals surface area contributed by atoms with Crippen LogP contribution in [0.15, 0.2) is 48.9 Å². The van der Waals surface area contributed by atoms with E-state index in [0.717, 1.165) is 40.7 Å². The first-order valence-corrected chi connectivity index (χ1v) is 12.0. The molecule has 0 spiro atoms. The molecule has 1 aliphatic carbocycles. The summed E-state index contributed by atoms with van der Waals surface area (Å²) in [6.07, 6.45) is 6.43. The molecule has 5 heterocycles. The number of β-amino-alcohol motifs (C(OH)–C–C–N with tert-alkyl or cyclic N) is 1. The summed E-state index contributed by atoms with van der Waals surface area (Å²) in [5.41, 5.74) is 2.94. The maximum absolute atomic E-state index is 10.4. The highest BCUT2D eigenvalue weighted by Crippen LogP contribution is 2.45. The molecule has 2 atom stereocenters. The fraction of sp³-hybridized carbons (Fsp3) is 0.308. The summed E-state index contributed by atoms with van der Waals surface area (Å²) in [6.45, 7) is 0.878. The van der Waals surface area contributed by atoms with E-state index in [1.807, 2.05) is 29.3 Å². The van der Waals surface area contributed by atoms with Crippen molar-refractivity contribution in [2.45, 2.75) is 37.4 Å². The smallest absolute Gasteiger partial charge is 0.162 e. The number of anilines is 3. The Morgan fingerprint density at radius 1 is 1.00 bits per heavy atom. The lowest BCUT2D eigenvalue weighted by Gasteiger charge is -2.35. The number of aliphatic hydroxyl groups excluding tert-OH is 2. The molecule has 0 aromatic carbocycles. The van der Waals surface area contributed by atoms with Gasteiger partial charge in [0.2, 0.25) is 0 Å². The summed E-state index contributed by atoms with van der Waals surface area (Å²) in [4.78, 5) is 25.0. The second kappa shape index (κ2) is 9.11. The fourth-order valence-corrected chi connectivity index (χ4v) is 4.60. The van der Waals surface area contributed by atoms with E-state index in [1.54, 1.807) is 30.6 Å². The van der Waals surface area contributed by atoms with Crippen LogP contribution in [-0.2, 0) is 0 Å². The van der Waals surface area contributed by atoms with Crippen LogP contribution in [0.1, 0.15) is 36.4 Å². The number of aromatic nitrogens is 5. The van der Waals surface area contributed by atoms with Crippen molar-refractivity contribution in [3.63, 3.8) is 0 Å². The average molecular weight is 481 g/mol. The van der Waals surface area contributed by atoms with Crippen LogP contribution in [0.25, 0.3) is 22.3 Å². The minimum Gasteiger partial charge on any atom is -0.390 e. The van der Waals surface area contributed by atoms with Crippen LogP contribution in [-0.4, -0.2) is 60.4 Å². The number of rotatable bonds is 5. The molecule has 1 saturated heterocycles. The number of nitrogens with one attached hydrogen (secondary N) is 1. The Kier molecular flexibility index (Phi) is 5.64. The molecule has 0 radical (unpaired) electrons. The van der Waals surface area contributed by atoms with E-state index in [9.17, 15) is 10.2 Å². The van der Waals surface area contributed by atoms with Crippen molar-refractivity contribution < 1.29 is 10.2 Å². The van der Waals surface area contributed by atoms with Crippen LogP contribution in [0.5, 0.6) is 0 Å². The number of fused-ring (bicyclic) bond motifs is 1. The minimum atomic E-state index is -0.841. The van der Waals surface area contributed by atoms with Gasteiger partial charge in [-0.15, -0.1) is 0 Å². The van der Waals surface area contributed by atoms with E-state index >= 15 is 0 Å². The van der Waals surface area contributed by atoms with Crippen molar-refractivity contribution >= 4 is 28.4 Å². The standard InChI is InChI=1S/C26H24N8O2/c27-11-17-2-1-3-22(30-17)32-23-10-16(6-8-29-23)25-31-19-13-28-12-18(15-4-5-15)24(19)26(33-25)34-9-7-20(35)21(36)14-34/h1-3,6,8,10,12-13,15,20-21,35-36H,4-5,7,9,14H2,(H,29,30,32)/t20-,21+/m1/s1. The first-order valence-electron chi connectivity index (χ1n) is 12.0. The number of hydrogen-bond donors (Lipinski definition) is 3. The minimum absolute atomic E-state index is 0.295. The van der Waals surface area contributed by atoms with Gasteiger partial charge in [0.05, 0.1) is 23.9 Å². The third-order valence-corrected chi connectivity index (χ3v) is 6.62. The zero-order valence-corrected chi connectivity index (χ0v) is 19.4. The van der Waals surface area contributed by atoms with Crippen molar-refractivity contribution in [1.82, 2.24) is 24.9 Å². The molecule has 36 heavy (non-hydrogen) atoms. The van der Waals surface area contributed by atoms with Crippen LogP contribution < -0.4 is 10.2 Å². The molecule has 2 aliphatic rings. The number of aliphatic hydroxyl groups is 2. The molecule has 10 heteroatoms. The molecule has 4 aromatic heterocycles. The normalized spacial score (nSPS) is 19.8. The largest absolute Gasteiger partial charge is 0.390 e. The number of hydrogen-bond acceptors (Lipinski definition) is 10. The Morgan fingerprint density at radius 2 is 1.89 bits per heavy atom. The Hall–Kier alpha value is -4.20. The van der Waals surface area contributed by atoms with Gasteiger partial charge in [-0.1, -0.05) is 6.07 Å². The van der Waals surface area contributed by atoms with Crippen LogP contribution >= 0.6 is 0 Å². The summed E-state index contributed by atoms with van der Waals surface area (Å²) in [6, 6.07) is 10.9. The number of nitriles is 1. The van der Waals surface area contributed by atoms with Crippen molar-refractivity contribution in [2.24, 2.45) is 0 Å². The van der Waals surface area contributed by atoms with Crippen LogP contribution in [0.4, 0.5) is 17.5 Å². The van der Waals surface area contributed by atoms with Gasteiger partial charge in [-0.2, -0.15) is 5.26 Å². The van der Waals surface area contributed by atoms with E-state index in [2.05, 4.69) is 20.3 Å². The summed E-state index contributed by atoms with van der Waals surface area (Å²) >= 11 is 0. The molecule has 0 bridgehead atoms. The highest BCUT2D eigenvalue weighted by Gasteiger charge is 2.32. The topological polar surface area (TPSA) is 144 Å². The van der Waals surface area contributed by atoms with Crippen LogP contribution in [0.2, 0.25) is 0 Å². The Labute approximate surface area is 207 Å². The molecule has 3 N–H and O–H groups in total. The monoisotopic (exact) mass is 480 g/mol. The maximum Gasteiger partial charge on any atom is 0.162 e. The van der Waals surface area contributed by atoms with Gasteiger partial charge >= 0.3 is 0 Å².